The number of carbonyl (C=O) groups excluding carboxylic acids is 1. The summed E-state index contributed by atoms with van der Waals surface area (Å²) in [5.41, 5.74) is 2.02. The largest absolute Gasteiger partial charge is 0.481 e. The summed E-state index contributed by atoms with van der Waals surface area (Å²) in [4.78, 5) is 28.1. The molecule has 1 aromatic heterocycles. The van der Waals surface area contributed by atoms with Crippen LogP contribution in [0.1, 0.15) is 23.2 Å². The van der Waals surface area contributed by atoms with E-state index in [2.05, 4.69) is 10.3 Å². The van der Waals surface area contributed by atoms with E-state index in [9.17, 15) is 18.0 Å². The summed E-state index contributed by atoms with van der Waals surface area (Å²) in [6.07, 6.45) is 0.571. The van der Waals surface area contributed by atoms with Gasteiger partial charge < -0.3 is 5.11 Å². The second-order valence-corrected chi connectivity index (χ2v) is 10.2. The van der Waals surface area contributed by atoms with Crippen molar-refractivity contribution in [3.05, 3.63) is 65.5 Å². The Morgan fingerprint density at radius 3 is 2.31 bits per heavy atom. The molecule has 10 heteroatoms. The maximum atomic E-state index is 12.8. The highest BCUT2D eigenvalue weighted by Gasteiger charge is 2.32. The number of hydrogen-bond acceptors (Lipinski definition) is 6. The van der Waals surface area contributed by atoms with E-state index >= 15 is 0 Å². The zero-order valence-electron chi connectivity index (χ0n) is 17.0. The number of amides is 1. The Labute approximate surface area is 189 Å². The molecule has 2 aromatic carbocycles. The molecule has 32 heavy (non-hydrogen) atoms. The number of carbonyl (C=O) groups is 2. The summed E-state index contributed by atoms with van der Waals surface area (Å²) in [5.74, 6) is -1.79. The molecule has 1 aliphatic rings. The maximum Gasteiger partial charge on any atom is 0.306 e. The minimum Gasteiger partial charge on any atom is -0.481 e. The van der Waals surface area contributed by atoms with Gasteiger partial charge >= 0.3 is 5.97 Å². The molecule has 0 aliphatic carbocycles. The number of carboxylic acids is 1. The molecule has 3 aromatic rings. The number of piperidine rings is 1. The van der Waals surface area contributed by atoms with Gasteiger partial charge in [-0.15, -0.1) is 11.3 Å². The predicted octanol–water partition coefficient (Wildman–Crippen LogP) is 3.55. The monoisotopic (exact) mass is 471 g/mol. The molecule has 166 valence electrons. The number of rotatable bonds is 6. The molecule has 1 fully saturated rings. The number of nitrogens with zero attached hydrogens (tertiary/aromatic N) is 2. The van der Waals surface area contributed by atoms with Gasteiger partial charge in [-0.2, -0.15) is 4.31 Å². The van der Waals surface area contributed by atoms with E-state index in [1.165, 1.54) is 39.9 Å². The number of sulfonamides is 1. The van der Waals surface area contributed by atoms with Crippen LogP contribution in [-0.4, -0.2) is 47.8 Å². The second kappa shape index (κ2) is 9.19. The molecule has 2 heterocycles. The van der Waals surface area contributed by atoms with Crippen molar-refractivity contribution in [3.63, 3.8) is 0 Å². The molecule has 1 aliphatic heterocycles. The van der Waals surface area contributed by atoms with Crippen molar-refractivity contribution in [2.75, 3.05) is 18.4 Å². The van der Waals surface area contributed by atoms with E-state index in [0.717, 1.165) is 11.3 Å². The van der Waals surface area contributed by atoms with E-state index in [-0.39, 0.29) is 36.7 Å². The lowest BCUT2D eigenvalue weighted by Crippen LogP contribution is -2.40. The van der Waals surface area contributed by atoms with Crippen molar-refractivity contribution in [1.82, 2.24) is 9.29 Å². The third kappa shape index (κ3) is 4.72. The first-order chi connectivity index (χ1) is 15.3. The van der Waals surface area contributed by atoms with E-state index in [0.29, 0.717) is 10.7 Å². The lowest BCUT2D eigenvalue weighted by atomic mass is 9.99. The van der Waals surface area contributed by atoms with Gasteiger partial charge in [0.25, 0.3) is 5.91 Å². The van der Waals surface area contributed by atoms with Crippen LogP contribution < -0.4 is 5.32 Å². The van der Waals surface area contributed by atoms with Gasteiger partial charge in [0, 0.05) is 29.6 Å². The smallest absolute Gasteiger partial charge is 0.306 e. The van der Waals surface area contributed by atoms with Crippen LogP contribution in [0.25, 0.3) is 11.3 Å². The number of benzene rings is 2. The summed E-state index contributed by atoms with van der Waals surface area (Å²) in [6.45, 7) is 0.324. The highest BCUT2D eigenvalue weighted by Crippen LogP contribution is 2.26. The van der Waals surface area contributed by atoms with Crippen molar-refractivity contribution < 1.29 is 23.1 Å². The van der Waals surface area contributed by atoms with Crippen LogP contribution >= 0.6 is 11.3 Å². The van der Waals surface area contributed by atoms with Gasteiger partial charge in [-0.3, -0.25) is 14.9 Å². The minimum absolute atomic E-state index is 0.0726. The normalized spacial score (nSPS) is 15.4. The van der Waals surface area contributed by atoms with Crippen LogP contribution in [-0.2, 0) is 14.8 Å². The van der Waals surface area contributed by atoms with Crippen LogP contribution in [0.5, 0.6) is 0 Å². The van der Waals surface area contributed by atoms with Crippen LogP contribution in [0.15, 0.2) is 64.9 Å². The van der Waals surface area contributed by atoms with Gasteiger partial charge in [0.2, 0.25) is 10.0 Å². The molecule has 1 saturated heterocycles. The summed E-state index contributed by atoms with van der Waals surface area (Å²) in [5, 5.41) is 14.1. The number of nitrogens with one attached hydrogen (secondary N) is 1. The van der Waals surface area contributed by atoms with Crippen molar-refractivity contribution in [2.24, 2.45) is 5.92 Å². The van der Waals surface area contributed by atoms with Gasteiger partial charge in [0.1, 0.15) is 0 Å². The van der Waals surface area contributed by atoms with E-state index < -0.39 is 21.9 Å². The minimum atomic E-state index is -3.74. The summed E-state index contributed by atoms with van der Waals surface area (Å²) >= 11 is 1.31. The van der Waals surface area contributed by atoms with Crippen LogP contribution in [0.4, 0.5) is 5.13 Å². The number of thiazole rings is 1. The van der Waals surface area contributed by atoms with Crippen LogP contribution in [0.2, 0.25) is 0 Å². The topological polar surface area (TPSA) is 117 Å². The van der Waals surface area contributed by atoms with E-state index in [1.807, 2.05) is 35.7 Å². The van der Waals surface area contributed by atoms with Gasteiger partial charge in [-0.1, -0.05) is 30.3 Å². The van der Waals surface area contributed by atoms with Gasteiger partial charge in [0.05, 0.1) is 16.5 Å². The first-order valence-electron chi connectivity index (χ1n) is 10.00. The quantitative estimate of drug-likeness (QED) is 0.568. The number of aromatic nitrogens is 1. The van der Waals surface area contributed by atoms with Crippen molar-refractivity contribution in [1.29, 1.82) is 0 Å². The van der Waals surface area contributed by atoms with Crippen LogP contribution in [0.3, 0.4) is 0 Å². The zero-order chi connectivity index (χ0) is 22.7. The average Bonchev–Trinajstić information content (AvgIpc) is 3.28. The van der Waals surface area contributed by atoms with Crippen molar-refractivity contribution in [3.8, 4) is 11.3 Å². The van der Waals surface area contributed by atoms with Gasteiger partial charge in [0.15, 0.2) is 5.13 Å². The molecule has 4 rings (SSSR count). The third-order valence-electron chi connectivity index (χ3n) is 5.35. The van der Waals surface area contributed by atoms with Gasteiger partial charge in [-0.25, -0.2) is 13.4 Å². The van der Waals surface area contributed by atoms with Gasteiger partial charge in [-0.05, 0) is 37.1 Å². The molecule has 0 radical (unpaired) electrons. The SMILES string of the molecule is O=C(Nc1nc(-c2ccccc2)cs1)c1ccc(S(=O)(=O)N2CCC(C(=O)O)CC2)cc1. The molecule has 1 amide bonds. The molecular weight excluding hydrogens is 450 g/mol. The Bertz CT molecular complexity index is 1220. The van der Waals surface area contributed by atoms with E-state index in [1.54, 1.807) is 0 Å². The molecule has 0 spiro atoms. The standard InChI is InChI=1S/C22H21N3O5S2/c26-20(24-22-23-19(14-31-22)15-4-2-1-3-5-15)16-6-8-18(9-7-16)32(29,30)25-12-10-17(11-13-25)21(27)28/h1-9,14,17H,10-13H2,(H,27,28)(H,23,24,26). The molecule has 0 unspecified atom stereocenters. The first kappa shape index (κ1) is 22.1. The molecule has 8 nitrogen and oxygen atoms in total. The molecule has 0 saturated carbocycles. The molecule has 0 bridgehead atoms. The molecule has 2 N–H and O–H groups in total. The first-order valence-corrected chi connectivity index (χ1v) is 12.3. The average molecular weight is 472 g/mol. The van der Waals surface area contributed by atoms with Crippen molar-refractivity contribution in [2.45, 2.75) is 17.7 Å². The number of aliphatic carboxylic acids is 1. The Morgan fingerprint density at radius 1 is 1.03 bits per heavy atom. The number of anilines is 1. The summed E-state index contributed by atoms with van der Waals surface area (Å²) in [7, 11) is -3.74. The number of carboxylic acid groups (broad SMARTS) is 1. The Kier molecular flexibility index (Phi) is 6.35. The maximum absolute atomic E-state index is 12.8. The highest BCUT2D eigenvalue weighted by molar-refractivity contribution is 7.89. The Morgan fingerprint density at radius 2 is 1.69 bits per heavy atom. The van der Waals surface area contributed by atoms with Crippen molar-refractivity contribution >= 4 is 38.4 Å². The second-order valence-electron chi connectivity index (χ2n) is 7.40. The Hall–Kier alpha value is -3.08. The molecule has 0 atom stereocenters. The fraction of sp³-hybridized carbons (Fsp3) is 0.227. The fourth-order valence-corrected chi connectivity index (χ4v) is 5.70. The lowest BCUT2D eigenvalue weighted by molar-refractivity contribution is -0.142. The summed E-state index contributed by atoms with van der Waals surface area (Å²) < 4.78 is 27.0. The predicted molar refractivity (Wildman–Crippen MR) is 121 cm³/mol. The fourth-order valence-electron chi connectivity index (χ4n) is 3.51. The zero-order valence-corrected chi connectivity index (χ0v) is 18.6. The van der Waals surface area contributed by atoms with E-state index in [4.69, 9.17) is 5.11 Å². The van der Waals surface area contributed by atoms with Crippen LogP contribution in [0, 0.1) is 5.92 Å². The number of hydrogen-bond donors (Lipinski definition) is 2. The lowest BCUT2D eigenvalue weighted by Gasteiger charge is -2.29. The third-order valence-corrected chi connectivity index (χ3v) is 8.02. The summed E-state index contributed by atoms with van der Waals surface area (Å²) in [6, 6.07) is 15.3. The molecular formula is C22H21N3O5S2. The highest BCUT2D eigenvalue weighted by atomic mass is 32.2. The Balaban J connectivity index is 1.42.